The standard InChI is InChI=1S/C46H32N4/c1-4-13-30(14-5-1)43-45-44(49-46(48-43)31-15-6-2-7-16-31)39-29-34(23-25-40(39)47-45)32-17-12-18-33(27-32)35-24-26-42-38(28-35)37-21-10-11-22-41(37)50(42)36-19-8-3-9-20-36/h1-29,46-48H. The minimum absolute atomic E-state index is 0.187. The maximum absolute atomic E-state index is 5.29. The van der Waals surface area contributed by atoms with E-state index in [2.05, 4.69) is 185 Å². The number of rotatable bonds is 5. The lowest BCUT2D eigenvalue weighted by Crippen LogP contribution is -2.39. The monoisotopic (exact) mass is 640 g/mol. The first-order valence-electron chi connectivity index (χ1n) is 17.1. The van der Waals surface area contributed by atoms with E-state index in [-0.39, 0.29) is 6.17 Å². The number of H-pyrrole nitrogens is 1. The Morgan fingerprint density at radius 2 is 1.06 bits per heavy atom. The maximum Gasteiger partial charge on any atom is 0.145 e. The van der Waals surface area contributed by atoms with Crippen LogP contribution in [0.1, 0.15) is 17.3 Å². The Morgan fingerprint density at radius 3 is 1.84 bits per heavy atom. The van der Waals surface area contributed by atoms with Crippen LogP contribution in [0.3, 0.4) is 0 Å². The van der Waals surface area contributed by atoms with Gasteiger partial charge in [-0.1, -0.05) is 127 Å². The summed E-state index contributed by atoms with van der Waals surface area (Å²) in [4.78, 5) is 8.99. The first-order chi connectivity index (χ1) is 24.8. The molecule has 2 N–H and O–H groups in total. The smallest absolute Gasteiger partial charge is 0.145 e. The Kier molecular flexibility index (Phi) is 6.53. The van der Waals surface area contributed by atoms with Crippen molar-refractivity contribution in [3.63, 3.8) is 0 Å². The summed E-state index contributed by atoms with van der Waals surface area (Å²) in [5, 5.41) is 9.36. The second-order valence-corrected chi connectivity index (χ2v) is 12.9. The lowest BCUT2D eigenvalue weighted by Gasteiger charge is -2.21. The van der Waals surface area contributed by atoms with Gasteiger partial charge < -0.3 is 14.9 Å². The highest BCUT2D eigenvalue weighted by Crippen LogP contribution is 2.36. The van der Waals surface area contributed by atoms with Crippen LogP contribution in [0.5, 0.6) is 0 Å². The van der Waals surface area contributed by atoms with E-state index in [1.165, 1.54) is 44.2 Å². The molecule has 1 atom stereocenters. The molecule has 0 aliphatic carbocycles. The number of para-hydroxylation sites is 2. The van der Waals surface area contributed by atoms with Gasteiger partial charge in [-0.05, 0) is 81.9 Å². The van der Waals surface area contributed by atoms with Crippen molar-refractivity contribution >= 4 is 38.4 Å². The van der Waals surface area contributed by atoms with Crippen LogP contribution >= 0.6 is 0 Å². The van der Waals surface area contributed by atoms with E-state index in [0.29, 0.717) is 0 Å². The van der Waals surface area contributed by atoms with E-state index < -0.39 is 0 Å². The number of fused-ring (bicyclic) bond motifs is 6. The topological polar surface area (TPSA) is 45.1 Å². The molecule has 4 heteroatoms. The van der Waals surface area contributed by atoms with Gasteiger partial charge in [-0.2, -0.15) is 0 Å². The fourth-order valence-electron chi connectivity index (χ4n) is 7.55. The third-order valence-electron chi connectivity index (χ3n) is 9.95. The molecule has 7 aromatic carbocycles. The zero-order valence-electron chi connectivity index (χ0n) is 27.2. The summed E-state index contributed by atoms with van der Waals surface area (Å²) >= 11 is 0. The van der Waals surface area contributed by atoms with Gasteiger partial charge in [0, 0.05) is 27.4 Å². The summed E-state index contributed by atoms with van der Waals surface area (Å²) in [6, 6.07) is 62.8. The minimum atomic E-state index is -0.187. The third kappa shape index (κ3) is 4.65. The third-order valence-corrected chi connectivity index (χ3v) is 9.95. The highest BCUT2D eigenvalue weighted by Gasteiger charge is 2.20. The second kappa shape index (κ2) is 11.5. The normalized spacial score (nSPS) is 14.1. The molecule has 3 heterocycles. The summed E-state index contributed by atoms with van der Waals surface area (Å²) < 4.78 is 2.36. The van der Waals surface area contributed by atoms with E-state index in [1.54, 1.807) is 0 Å². The van der Waals surface area contributed by atoms with E-state index >= 15 is 0 Å². The first kappa shape index (κ1) is 28.4. The molecule has 0 saturated heterocycles. The first-order valence-corrected chi connectivity index (χ1v) is 17.1. The molecule has 0 radical (unpaired) electrons. The molecule has 9 aromatic rings. The van der Waals surface area contributed by atoms with Crippen LogP contribution in [0.2, 0.25) is 0 Å². The Labute approximate surface area is 289 Å². The van der Waals surface area contributed by atoms with Crippen molar-refractivity contribution in [1.29, 1.82) is 0 Å². The van der Waals surface area contributed by atoms with Crippen molar-refractivity contribution < 1.29 is 0 Å². The number of benzene rings is 7. The average Bonchev–Trinajstić information content (AvgIpc) is 3.73. The molecule has 236 valence electrons. The van der Waals surface area contributed by atoms with E-state index in [4.69, 9.17) is 4.99 Å². The fraction of sp³-hybridized carbons (Fsp3) is 0.0217. The molecule has 0 saturated carbocycles. The largest absolute Gasteiger partial charge is 0.358 e. The number of hydrogen-bond acceptors (Lipinski definition) is 2. The van der Waals surface area contributed by atoms with Crippen LogP contribution in [0.15, 0.2) is 181 Å². The molecule has 2 aromatic heterocycles. The van der Waals surface area contributed by atoms with Crippen LogP contribution in [0, 0.1) is 0 Å². The van der Waals surface area contributed by atoms with Crippen LogP contribution < -0.4 is 16.0 Å². The summed E-state index contributed by atoms with van der Waals surface area (Å²) in [5.41, 5.74) is 12.7. The Hall–Kier alpha value is -6.65. The lowest BCUT2D eigenvalue weighted by atomic mass is 9.97. The zero-order chi connectivity index (χ0) is 33.0. The molecule has 0 spiro atoms. The average molecular weight is 641 g/mol. The van der Waals surface area contributed by atoms with Gasteiger partial charge in [0.1, 0.15) is 6.17 Å². The van der Waals surface area contributed by atoms with Crippen LogP contribution in [0.25, 0.3) is 66.3 Å². The number of aromatic nitrogens is 2. The van der Waals surface area contributed by atoms with Gasteiger partial charge in [0.2, 0.25) is 0 Å². The van der Waals surface area contributed by atoms with Gasteiger partial charge in [0.15, 0.2) is 0 Å². The summed E-state index contributed by atoms with van der Waals surface area (Å²) in [7, 11) is 0. The van der Waals surface area contributed by atoms with Crippen LogP contribution in [0.4, 0.5) is 0 Å². The number of nitrogens with one attached hydrogen (secondary N) is 2. The summed E-state index contributed by atoms with van der Waals surface area (Å²) in [6.07, 6.45) is -0.187. The molecule has 10 rings (SSSR count). The van der Waals surface area contributed by atoms with Gasteiger partial charge in [-0.25, -0.2) is 0 Å². The van der Waals surface area contributed by atoms with Gasteiger partial charge in [-0.15, -0.1) is 0 Å². The van der Waals surface area contributed by atoms with Gasteiger partial charge >= 0.3 is 0 Å². The quantitative estimate of drug-likeness (QED) is 0.193. The van der Waals surface area contributed by atoms with Crippen molar-refractivity contribution in [2.75, 3.05) is 0 Å². The van der Waals surface area contributed by atoms with Crippen molar-refractivity contribution in [2.45, 2.75) is 6.17 Å². The number of nitrogens with zero attached hydrogens (tertiary/aromatic N) is 2. The minimum Gasteiger partial charge on any atom is -0.358 e. The molecule has 0 fully saturated rings. The van der Waals surface area contributed by atoms with Gasteiger partial charge in [0.05, 0.1) is 27.4 Å². The molecule has 4 nitrogen and oxygen atoms in total. The lowest BCUT2D eigenvalue weighted by molar-refractivity contribution is 0.634. The summed E-state index contributed by atoms with van der Waals surface area (Å²) in [5.74, 6) is 0. The van der Waals surface area contributed by atoms with E-state index in [9.17, 15) is 0 Å². The Balaban J connectivity index is 1.10. The molecule has 1 aliphatic rings. The Morgan fingerprint density at radius 1 is 0.460 bits per heavy atom. The Bertz CT molecular complexity index is 2830. The predicted molar refractivity (Wildman–Crippen MR) is 206 cm³/mol. The predicted octanol–water partition coefficient (Wildman–Crippen LogP) is 9.68. The molecular formula is C46H32N4. The highest BCUT2D eigenvalue weighted by molar-refractivity contribution is 6.10. The van der Waals surface area contributed by atoms with Gasteiger partial charge in [0.25, 0.3) is 0 Å². The maximum atomic E-state index is 5.29. The summed E-state index contributed by atoms with van der Waals surface area (Å²) in [6.45, 7) is 0. The zero-order valence-corrected chi connectivity index (χ0v) is 27.2. The highest BCUT2D eigenvalue weighted by atomic mass is 15.1. The molecule has 1 unspecified atom stereocenters. The van der Waals surface area contributed by atoms with Crippen LogP contribution in [-0.2, 0) is 0 Å². The van der Waals surface area contributed by atoms with E-state index in [0.717, 1.165) is 44.0 Å². The van der Waals surface area contributed by atoms with Crippen LogP contribution in [-0.4, -0.2) is 9.55 Å². The molecular weight excluding hydrogens is 609 g/mol. The number of hydrogen-bond donors (Lipinski definition) is 2. The SMILES string of the molecule is c1ccc(C2=c3[nH]c4ccc(-c5cccc(-c6ccc7c(c6)c6ccccc6n7-c6ccccc6)c5)cc4c3=NC(c3ccccc3)N2)cc1. The van der Waals surface area contributed by atoms with Gasteiger partial charge in [-0.3, -0.25) is 4.99 Å². The molecule has 1 aliphatic heterocycles. The number of aromatic amines is 1. The van der Waals surface area contributed by atoms with Crippen molar-refractivity contribution in [3.05, 3.63) is 198 Å². The molecule has 50 heavy (non-hydrogen) atoms. The van der Waals surface area contributed by atoms with E-state index in [1.807, 2.05) is 6.07 Å². The van der Waals surface area contributed by atoms with Crippen molar-refractivity contribution in [3.8, 4) is 27.9 Å². The fourth-order valence-corrected chi connectivity index (χ4v) is 7.55. The molecule has 0 amide bonds. The second-order valence-electron chi connectivity index (χ2n) is 12.9. The van der Waals surface area contributed by atoms with Crippen molar-refractivity contribution in [1.82, 2.24) is 14.9 Å². The van der Waals surface area contributed by atoms with Crippen molar-refractivity contribution in [2.24, 2.45) is 4.99 Å². The molecule has 0 bridgehead atoms.